The van der Waals surface area contributed by atoms with E-state index in [1.54, 1.807) is 0 Å². The first kappa shape index (κ1) is 21.6. The van der Waals surface area contributed by atoms with Crippen LogP contribution in [0.1, 0.15) is 56.8 Å². The second-order valence-corrected chi connectivity index (χ2v) is 4.71. The van der Waals surface area contributed by atoms with Gasteiger partial charge in [0, 0.05) is 12.8 Å². The van der Waals surface area contributed by atoms with Gasteiger partial charge in [-0.3, -0.25) is 9.59 Å². The molecule has 0 aliphatic heterocycles. The summed E-state index contributed by atoms with van der Waals surface area (Å²) >= 11 is 0. The molecule has 0 amide bonds. The first-order chi connectivity index (χ1) is 11.5. The SMILES string of the molecule is O=C(O)CCCCC(=O)O.O=C(O)c1cc(C(=O)O)cc(C(=O)O)c1. The lowest BCUT2D eigenvalue weighted by molar-refractivity contribution is -0.139. The zero-order valence-electron chi connectivity index (χ0n) is 12.8. The summed E-state index contributed by atoms with van der Waals surface area (Å²) in [6, 6.07) is 2.70. The smallest absolute Gasteiger partial charge is 0.335 e. The summed E-state index contributed by atoms with van der Waals surface area (Å²) in [6.45, 7) is 0. The van der Waals surface area contributed by atoms with E-state index in [0.717, 1.165) is 18.2 Å². The van der Waals surface area contributed by atoms with Crippen LogP contribution in [0.5, 0.6) is 0 Å². The molecule has 0 saturated heterocycles. The second kappa shape index (κ2) is 10.4. The molecule has 0 atom stereocenters. The Morgan fingerprint density at radius 1 is 0.560 bits per heavy atom. The van der Waals surface area contributed by atoms with Crippen LogP contribution >= 0.6 is 0 Å². The molecule has 5 N–H and O–H groups in total. The van der Waals surface area contributed by atoms with Crippen molar-refractivity contribution < 1.29 is 49.5 Å². The Labute approximate surface area is 141 Å². The van der Waals surface area contributed by atoms with Gasteiger partial charge in [-0.1, -0.05) is 0 Å². The fraction of sp³-hybridized carbons (Fsp3) is 0.267. The van der Waals surface area contributed by atoms with Crippen molar-refractivity contribution in [1.82, 2.24) is 0 Å². The van der Waals surface area contributed by atoms with Gasteiger partial charge in [-0.2, -0.15) is 0 Å². The normalized spacial score (nSPS) is 9.44. The van der Waals surface area contributed by atoms with Crippen LogP contribution in [0, 0.1) is 0 Å². The Morgan fingerprint density at radius 3 is 0.960 bits per heavy atom. The van der Waals surface area contributed by atoms with Crippen LogP contribution in [-0.4, -0.2) is 55.4 Å². The van der Waals surface area contributed by atoms with Gasteiger partial charge in [0.25, 0.3) is 0 Å². The van der Waals surface area contributed by atoms with Crippen molar-refractivity contribution in [2.75, 3.05) is 0 Å². The minimum Gasteiger partial charge on any atom is -0.481 e. The van der Waals surface area contributed by atoms with Gasteiger partial charge < -0.3 is 25.5 Å². The van der Waals surface area contributed by atoms with Gasteiger partial charge in [-0.25, -0.2) is 14.4 Å². The Morgan fingerprint density at radius 2 is 0.800 bits per heavy atom. The van der Waals surface area contributed by atoms with Gasteiger partial charge in [-0.05, 0) is 31.0 Å². The number of hydrogen-bond donors (Lipinski definition) is 5. The number of benzene rings is 1. The molecular weight excluding hydrogens is 340 g/mol. The lowest BCUT2D eigenvalue weighted by Crippen LogP contribution is -2.07. The van der Waals surface area contributed by atoms with Crippen molar-refractivity contribution in [1.29, 1.82) is 0 Å². The van der Waals surface area contributed by atoms with Crippen molar-refractivity contribution in [2.45, 2.75) is 25.7 Å². The third kappa shape index (κ3) is 9.33. The molecule has 10 nitrogen and oxygen atoms in total. The third-order valence-corrected chi connectivity index (χ3v) is 2.71. The maximum Gasteiger partial charge on any atom is 0.335 e. The van der Waals surface area contributed by atoms with Crippen LogP contribution in [0.15, 0.2) is 18.2 Å². The highest BCUT2D eigenvalue weighted by molar-refractivity contribution is 5.98. The number of aliphatic carboxylic acids is 2. The van der Waals surface area contributed by atoms with Crippen LogP contribution in [0.2, 0.25) is 0 Å². The van der Waals surface area contributed by atoms with E-state index in [4.69, 9.17) is 25.5 Å². The number of carbonyl (C=O) groups is 5. The quantitative estimate of drug-likeness (QED) is 0.427. The molecule has 136 valence electrons. The Kier molecular flexibility index (Phi) is 8.94. The lowest BCUT2D eigenvalue weighted by atomic mass is 10.1. The highest BCUT2D eigenvalue weighted by Gasteiger charge is 2.14. The molecule has 1 aromatic rings. The molecule has 1 aromatic carbocycles. The molecule has 0 unspecified atom stereocenters. The van der Waals surface area contributed by atoms with Crippen LogP contribution in [-0.2, 0) is 9.59 Å². The van der Waals surface area contributed by atoms with Crippen molar-refractivity contribution in [3.8, 4) is 0 Å². The minimum atomic E-state index is -1.37. The fourth-order valence-electron chi connectivity index (χ4n) is 1.55. The van der Waals surface area contributed by atoms with Crippen molar-refractivity contribution in [3.05, 3.63) is 34.9 Å². The molecule has 25 heavy (non-hydrogen) atoms. The Bertz CT molecular complexity index is 582. The summed E-state index contributed by atoms with van der Waals surface area (Å²) in [5, 5.41) is 42.1. The average molecular weight is 356 g/mol. The van der Waals surface area contributed by atoms with Gasteiger partial charge in [0.2, 0.25) is 0 Å². The number of carboxylic acid groups (broad SMARTS) is 5. The van der Waals surface area contributed by atoms with Crippen LogP contribution in [0.4, 0.5) is 0 Å². The molecule has 1 rings (SSSR count). The zero-order valence-corrected chi connectivity index (χ0v) is 12.8. The average Bonchev–Trinajstić information content (AvgIpc) is 2.51. The van der Waals surface area contributed by atoms with Gasteiger partial charge in [0.1, 0.15) is 0 Å². The van der Waals surface area contributed by atoms with Crippen LogP contribution in [0.25, 0.3) is 0 Å². The number of carboxylic acids is 5. The van der Waals surface area contributed by atoms with E-state index in [9.17, 15) is 24.0 Å². The summed E-state index contributed by atoms with van der Waals surface area (Å²) in [4.78, 5) is 51.5. The Hall–Kier alpha value is -3.43. The molecule has 0 heterocycles. The topological polar surface area (TPSA) is 186 Å². The summed E-state index contributed by atoms with van der Waals surface area (Å²) in [5.41, 5.74) is -1.10. The molecule has 0 saturated carbocycles. The summed E-state index contributed by atoms with van der Waals surface area (Å²) < 4.78 is 0. The van der Waals surface area contributed by atoms with Gasteiger partial charge in [0.15, 0.2) is 0 Å². The molecule has 0 fully saturated rings. The molecule has 10 heteroatoms. The first-order valence-electron chi connectivity index (χ1n) is 6.83. The maximum atomic E-state index is 10.6. The van der Waals surface area contributed by atoms with Crippen LogP contribution < -0.4 is 0 Å². The molecule has 0 aliphatic carbocycles. The fourth-order valence-corrected chi connectivity index (χ4v) is 1.55. The highest BCUT2D eigenvalue weighted by atomic mass is 16.4. The molecule has 0 aromatic heterocycles. The molecule has 0 radical (unpaired) electrons. The van der Waals surface area contributed by atoms with E-state index in [-0.39, 0.29) is 29.5 Å². The molecule has 0 spiro atoms. The second-order valence-electron chi connectivity index (χ2n) is 4.71. The van der Waals surface area contributed by atoms with Crippen molar-refractivity contribution in [3.63, 3.8) is 0 Å². The van der Waals surface area contributed by atoms with E-state index in [0.29, 0.717) is 12.8 Å². The largest absolute Gasteiger partial charge is 0.481 e. The highest BCUT2D eigenvalue weighted by Crippen LogP contribution is 2.11. The standard InChI is InChI=1S/C9H6O6.C6H10O4/c10-7(11)4-1-5(8(12)13)3-6(2-4)9(14)15;7-5(8)3-1-2-4-6(9)10/h1-3H,(H,10,11)(H,12,13)(H,14,15);1-4H2,(H,7,8)(H,9,10). The summed E-state index contributed by atoms with van der Waals surface area (Å²) in [5.74, 6) is -5.86. The van der Waals surface area contributed by atoms with E-state index in [1.807, 2.05) is 0 Å². The lowest BCUT2D eigenvalue weighted by Gasteiger charge is -2.00. The summed E-state index contributed by atoms with van der Waals surface area (Å²) in [6.07, 6.45) is 1.02. The number of rotatable bonds is 8. The van der Waals surface area contributed by atoms with Crippen molar-refractivity contribution >= 4 is 29.8 Å². The number of unbranched alkanes of at least 4 members (excludes halogenated alkanes) is 1. The molecule has 0 bridgehead atoms. The Balaban J connectivity index is 0.000000504. The van der Waals surface area contributed by atoms with E-state index in [2.05, 4.69) is 0 Å². The van der Waals surface area contributed by atoms with Gasteiger partial charge in [-0.15, -0.1) is 0 Å². The van der Waals surface area contributed by atoms with E-state index in [1.165, 1.54) is 0 Å². The van der Waals surface area contributed by atoms with Gasteiger partial charge >= 0.3 is 29.8 Å². The minimum absolute atomic E-state index is 0.0628. The predicted octanol–water partition coefficient (Wildman–Crippen LogP) is 1.50. The number of hydrogen-bond acceptors (Lipinski definition) is 5. The third-order valence-electron chi connectivity index (χ3n) is 2.71. The maximum absolute atomic E-state index is 10.6. The van der Waals surface area contributed by atoms with Crippen LogP contribution in [0.3, 0.4) is 0 Å². The van der Waals surface area contributed by atoms with E-state index >= 15 is 0 Å². The first-order valence-corrected chi connectivity index (χ1v) is 6.83. The molecular formula is C15H16O10. The zero-order chi connectivity index (χ0) is 19.6. The predicted molar refractivity (Wildman–Crippen MR) is 81.1 cm³/mol. The summed E-state index contributed by atoms with van der Waals surface area (Å²) in [7, 11) is 0. The van der Waals surface area contributed by atoms with Crippen molar-refractivity contribution in [2.24, 2.45) is 0 Å². The molecule has 0 aliphatic rings. The number of aromatic carboxylic acids is 3. The van der Waals surface area contributed by atoms with E-state index < -0.39 is 29.8 Å². The monoisotopic (exact) mass is 356 g/mol. The van der Waals surface area contributed by atoms with Gasteiger partial charge in [0.05, 0.1) is 16.7 Å².